The van der Waals surface area contributed by atoms with Crippen molar-refractivity contribution in [3.8, 4) is 0 Å². The van der Waals surface area contributed by atoms with Crippen LogP contribution in [0.4, 0.5) is 0 Å². The molecule has 1 aromatic carbocycles. The molecule has 0 bridgehead atoms. The van der Waals surface area contributed by atoms with Gasteiger partial charge in [0.1, 0.15) is 0 Å². The van der Waals surface area contributed by atoms with Gasteiger partial charge >= 0.3 is 0 Å². The Hall–Kier alpha value is -1.68. The normalized spacial score (nSPS) is 26.3. The molecule has 0 radical (unpaired) electrons. The Morgan fingerprint density at radius 3 is 2.24 bits per heavy atom. The minimum Gasteiger partial charge on any atom is -0.312 e. The Balaban J connectivity index is 1.76. The molecule has 2 fully saturated rings. The van der Waals surface area contributed by atoms with Crippen LogP contribution < -0.4 is 5.32 Å². The number of nitrogens with zero attached hydrogens (tertiary/aromatic N) is 1. The van der Waals surface area contributed by atoms with E-state index >= 15 is 0 Å². The molecule has 4 heteroatoms. The summed E-state index contributed by atoms with van der Waals surface area (Å²) in [7, 11) is 1.87. The van der Waals surface area contributed by atoms with Gasteiger partial charge in [-0.3, -0.25) is 14.5 Å². The van der Waals surface area contributed by atoms with Crippen LogP contribution in [0.3, 0.4) is 0 Å². The van der Waals surface area contributed by atoms with Crippen molar-refractivity contribution in [2.45, 2.75) is 32.2 Å². The second-order valence-electron chi connectivity index (χ2n) is 6.18. The highest BCUT2D eigenvalue weighted by atomic mass is 16.2. The average Bonchev–Trinajstić information content (AvgIpc) is 3.05. The number of rotatable bonds is 4. The summed E-state index contributed by atoms with van der Waals surface area (Å²) in [6, 6.07) is 8.23. The average molecular weight is 286 g/mol. The van der Waals surface area contributed by atoms with Gasteiger partial charge in [-0.2, -0.15) is 0 Å². The molecule has 21 heavy (non-hydrogen) atoms. The predicted octanol–water partition coefficient (Wildman–Crippen LogP) is 2.04. The van der Waals surface area contributed by atoms with Crippen LogP contribution in [-0.2, 0) is 9.59 Å². The standard InChI is InChI=1S/C17H22N2O2/c1-11-6-8-12(9-7-11)15(18-2)10-19-16(20)13-4-3-5-14(13)17(19)21/h6-9,13-15,18H,3-5,10H2,1-2H3. The number of fused-ring (bicyclic) bond motifs is 1. The molecule has 1 N–H and O–H groups in total. The first-order valence-corrected chi connectivity index (χ1v) is 7.71. The number of hydrogen-bond donors (Lipinski definition) is 1. The van der Waals surface area contributed by atoms with Crippen LogP contribution in [0.15, 0.2) is 24.3 Å². The molecule has 1 saturated carbocycles. The molecular weight excluding hydrogens is 264 g/mol. The highest BCUT2D eigenvalue weighted by molar-refractivity contribution is 6.05. The van der Waals surface area contributed by atoms with E-state index in [0.717, 1.165) is 24.8 Å². The summed E-state index contributed by atoms with van der Waals surface area (Å²) in [6.45, 7) is 2.48. The van der Waals surface area contributed by atoms with E-state index < -0.39 is 0 Å². The number of carbonyl (C=O) groups is 2. The van der Waals surface area contributed by atoms with E-state index in [1.807, 2.05) is 14.0 Å². The fourth-order valence-corrected chi connectivity index (χ4v) is 3.58. The maximum atomic E-state index is 12.4. The summed E-state index contributed by atoms with van der Waals surface area (Å²) in [6.07, 6.45) is 2.76. The predicted molar refractivity (Wildman–Crippen MR) is 80.5 cm³/mol. The Labute approximate surface area is 125 Å². The third kappa shape index (κ3) is 2.48. The van der Waals surface area contributed by atoms with Gasteiger partial charge in [-0.1, -0.05) is 36.2 Å². The summed E-state index contributed by atoms with van der Waals surface area (Å²) in [5, 5.41) is 3.23. The number of hydrogen-bond acceptors (Lipinski definition) is 3. The topological polar surface area (TPSA) is 49.4 Å². The Bertz CT molecular complexity index is 530. The zero-order chi connectivity index (χ0) is 15.0. The number of likely N-dealkylation sites (N-methyl/N-ethyl adjacent to an activating group) is 1. The van der Waals surface area contributed by atoms with Crippen LogP contribution in [-0.4, -0.2) is 30.3 Å². The molecule has 1 aromatic rings. The lowest BCUT2D eigenvalue weighted by atomic mass is 10.00. The second kappa shape index (κ2) is 5.60. The van der Waals surface area contributed by atoms with Gasteiger partial charge in [0.05, 0.1) is 17.9 Å². The van der Waals surface area contributed by atoms with Gasteiger partial charge in [0.2, 0.25) is 11.8 Å². The summed E-state index contributed by atoms with van der Waals surface area (Å²) in [4.78, 5) is 26.3. The number of amides is 2. The molecule has 1 aliphatic carbocycles. The highest BCUT2D eigenvalue weighted by Crippen LogP contribution is 2.40. The van der Waals surface area contributed by atoms with Gasteiger partial charge < -0.3 is 5.32 Å². The van der Waals surface area contributed by atoms with Crippen molar-refractivity contribution in [3.63, 3.8) is 0 Å². The fourth-order valence-electron chi connectivity index (χ4n) is 3.58. The first-order chi connectivity index (χ1) is 10.1. The van der Waals surface area contributed by atoms with Crippen molar-refractivity contribution in [3.05, 3.63) is 35.4 Å². The van der Waals surface area contributed by atoms with Crippen molar-refractivity contribution in [2.24, 2.45) is 11.8 Å². The number of imide groups is 1. The molecule has 112 valence electrons. The van der Waals surface area contributed by atoms with E-state index in [1.54, 1.807) is 0 Å². The van der Waals surface area contributed by atoms with Gasteiger partial charge in [0, 0.05) is 6.54 Å². The van der Waals surface area contributed by atoms with Crippen molar-refractivity contribution in [1.82, 2.24) is 10.2 Å². The summed E-state index contributed by atoms with van der Waals surface area (Å²) >= 11 is 0. The van der Waals surface area contributed by atoms with E-state index in [9.17, 15) is 9.59 Å². The van der Waals surface area contributed by atoms with Crippen LogP contribution in [0.25, 0.3) is 0 Å². The van der Waals surface area contributed by atoms with E-state index in [1.165, 1.54) is 10.5 Å². The van der Waals surface area contributed by atoms with Crippen LogP contribution in [0.2, 0.25) is 0 Å². The molecule has 3 atom stereocenters. The fraction of sp³-hybridized carbons (Fsp3) is 0.529. The molecule has 2 aliphatic rings. The minimum absolute atomic E-state index is 0.00248. The minimum atomic E-state index is -0.0481. The number of carbonyl (C=O) groups excluding carboxylic acids is 2. The van der Waals surface area contributed by atoms with Crippen molar-refractivity contribution < 1.29 is 9.59 Å². The molecule has 0 aromatic heterocycles. The maximum Gasteiger partial charge on any atom is 0.233 e. The number of nitrogens with one attached hydrogen (secondary N) is 1. The monoisotopic (exact) mass is 286 g/mol. The van der Waals surface area contributed by atoms with E-state index in [2.05, 4.69) is 29.6 Å². The van der Waals surface area contributed by atoms with Crippen LogP contribution in [0.5, 0.6) is 0 Å². The molecule has 2 amide bonds. The Morgan fingerprint density at radius 2 is 1.71 bits per heavy atom. The number of benzene rings is 1. The van der Waals surface area contributed by atoms with E-state index in [0.29, 0.717) is 6.54 Å². The molecule has 3 unspecified atom stereocenters. The third-order valence-corrected chi connectivity index (χ3v) is 4.88. The summed E-state index contributed by atoms with van der Waals surface area (Å²) in [5.41, 5.74) is 2.32. The Kier molecular flexibility index (Phi) is 3.81. The second-order valence-corrected chi connectivity index (χ2v) is 6.18. The first-order valence-electron chi connectivity index (χ1n) is 7.71. The lowest BCUT2D eigenvalue weighted by Gasteiger charge is -2.23. The van der Waals surface area contributed by atoms with E-state index in [-0.39, 0.29) is 29.7 Å². The van der Waals surface area contributed by atoms with Crippen LogP contribution >= 0.6 is 0 Å². The first kappa shape index (κ1) is 14.3. The van der Waals surface area contributed by atoms with E-state index in [4.69, 9.17) is 0 Å². The zero-order valence-electron chi connectivity index (χ0n) is 12.6. The van der Waals surface area contributed by atoms with Gasteiger partial charge in [-0.15, -0.1) is 0 Å². The van der Waals surface area contributed by atoms with Crippen molar-refractivity contribution in [2.75, 3.05) is 13.6 Å². The van der Waals surface area contributed by atoms with Crippen molar-refractivity contribution in [1.29, 1.82) is 0 Å². The number of aryl methyl sites for hydroxylation is 1. The highest BCUT2D eigenvalue weighted by Gasteiger charge is 2.49. The van der Waals surface area contributed by atoms with Gasteiger partial charge in [-0.05, 0) is 32.4 Å². The largest absolute Gasteiger partial charge is 0.312 e. The van der Waals surface area contributed by atoms with Crippen LogP contribution in [0, 0.1) is 18.8 Å². The quantitative estimate of drug-likeness (QED) is 0.862. The smallest absolute Gasteiger partial charge is 0.233 e. The molecule has 1 aliphatic heterocycles. The van der Waals surface area contributed by atoms with Gasteiger partial charge in [-0.25, -0.2) is 0 Å². The third-order valence-electron chi connectivity index (χ3n) is 4.88. The van der Waals surface area contributed by atoms with Gasteiger partial charge in [0.25, 0.3) is 0 Å². The lowest BCUT2D eigenvalue weighted by molar-refractivity contribution is -0.140. The lowest BCUT2D eigenvalue weighted by Crippen LogP contribution is -2.38. The molecule has 1 heterocycles. The van der Waals surface area contributed by atoms with Crippen LogP contribution in [0.1, 0.15) is 36.4 Å². The SMILES string of the molecule is CNC(CN1C(=O)C2CCCC2C1=O)c1ccc(C)cc1. The molecule has 4 nitrogen and oxygen atoms in total. The zero-order valence-corrected chi connectivity index (χ0v) is 12.6. The Morgan fingerprint density at radius 1 is 1.14 bits per heavy atom. The molecule has 1 saturated heterocycles. The maximum absolute atomic E-state index is 12.4. The summed E-state index contributed by atoms with van der Waals surface area (Å²) in [5.74, 6) is -0.0224. The van der Waals surface area contributed by atoms with Gasteiger partial charge in [0.15, 0.2) is 0 Å². The molecular formula is C17H22N2O2. The number of likely N-dealkylation sites (tertiary alicyclic amines) is 1. The van der Waals surface area contributed by atoms with Crippen molar-refractivity contribution >= 4 is 11.8 Å². The summed E-state index contributed by atoms with van der Waals surface area (Å²) < 4.78 is 0. The molecule has 3 rings (SSSR count). The molecule has 0 spiro atoms.